The van der Waals surface area contributed by atoms with Crippen LogP contribution in [0.15, 0.2) is 24.4 Å². The van der Waals surface area contributed by atoms with Gasteiger partial charge in [-0.3, -0.25) is 4.79 Å². The Labute approximate surface area is 113 Å². The number of H-pyrrole nitrogens is 1. The van der Waals surface area contributed by atoms with Gasteiger partial charge >= 0.3 is 0 Å². The summed E-state index contributed by atoms with van der Waals surface area (Å²) in [6.07, 6.45) is 2.67. The van der Waals surface area contributed by atoms with Gasteiger partial charge in [0.2, 0.25) is 0 Å². The van der Waals surface area contributed by atoms with Gasteiger partial charge in [0, 0.05) is 35.4 Å². The second-order valence-electron chi connectivity index (χ2n) is 5.54. The third-order valence-electron chi connectivity index (χ3n) is 4.01. The molecule has 0 fully saturated rings. The number of benzene rings is 1. The maximum atomic E-state index is 12.6. The number of carbonyl (C=O) groups is 1. The lowest BCUT2D eigenvalue weighted by Gasteiger charge is -2.34. The van der Waals surface area contributed by atoms with Gasteiger partial charge in [-0.25, -0.2) is 0 Å². The van der Waals surface area contributed by atoms with Gasteiger partial charge in [0.05, 0.1) is 5.56 Å². The zero-order valence-electron chi connectivity index (χ0n) is 11.9. The molecule has 0 aliphatic heterocycles. The zero-order valence-corrected chi connectivity index (χ0v) is 11.9. The predicted molar refractivity (Wildman–Crippen MR) is 79.2 cm³/mol. The normalized spacial score (nSPS) is 11.8. The molecule has 0 atom stereocenters. The molecule has 3 N–H and O–H groups in total. The van der Waals surface area contributed by atoms with Gasteiger partial charge in [-0.05, 0) is 38.5 Å². The molecule has 0 spiro atoms. The van der Waals surface area contributed by atoms with Gasteiger partial charge in [0.1, 0.15) is 0 Å². The highest BCUT2D eigenvalue weighted by Gasteiger charge is 2.27. The van der Waals surface area contributed by atoms with E-state index in [1.54, 1.807) is 11.1 Å². The SMILES string of the molecule is CCC(C)(C)N(C)C(=O)c1c[nH]c2cc(N)ccc12. The van der Waals surface area contributed by atoms with Crippen LogP contribution in [-0.4, -0.2) is 28.4 Å². The minimum absolute atomic E-state index is 0.0304. The molecule has 2 rings (SSSR count). The third kappa shape index (κ3) is 2.30. The number of aromatic nitrogens is 1. The fourth-order valence-corrected chi connectivity index (χ4v) is 2.01. The van der Waals surface area contributed by atoms with Crippen LogP contribution in [0.1, 0.15) is 37.6 Å². The molecule has 0 aliphatic carbocycles. The van der Waals surface area contributed by atoms with Gasteiger partial charge in [0.25, 0.3) is 5.91 Å². The maximum Gasteiger partial charge on any atom is 0.256 e. The summed E-state index contributed by atoms with van der Waals surface area (Å²) in [4.78, 5) is 17.5. The summed E-state index contributed by atoms with van der Waals surface area (Å²) in [7, 11) is 1.85. The van der Waals surface area contributed by atoms with Gasteiger partial charge in [-0.2, -0.15) is 0 Å². The minimum Gasteiger partial charge on any atom is -0.399 e. The van der Waals surface area contributed by atoms with Crippen molar-refractivity contribution in [2.75, 3.05) is 12.8 Å². The van der Waals surface area contributed by atoms with E-state index in [0.29, 0.717) is 11.3 Å². The number of fused-ring (bicyclic) bond motifs is 1. The number of anilines is 1. The summed E-state index contributed by atoms with van der Waals surface area (Å²) in [6.45, 7) is 6.22. The van der Waals surface area contributed by atoms with Crippen LogP contribution in [0, 0.1) is 0 Å². The van der Waals surface area contributed by atoms with Crippen LogP contribution in [0.4, 0.5) is 5.69 Å². The zero-order chi connectivity index (χ0) is 14.2. The van der Waals surface area contributed by atoms with Crippen LogP contribution in [0.2, 0.25) is 0 Å². The fraction of sp³-hybridized carbons (Fsp3) is 0.400. The Morgan fingerprint density at radius 1 is 1.42 bits per heavy atom. The number of rotatable bonds is 3. The molecular formula is C15H21N3O. The molecule has 4 heteroatoms. The van der Waals surface area contributed by atoms with Crippen LogP contribution in [0.5, 0.6) is 0 Å². The molecular weight excluding hydrogens is 238 g/mol. The number of aromatic amines is 1. The summed E-state index contributed by atoms with van der Waals surface area (Å²) in [6, 6.07) is 5.55. The van der Waals surface area contributed by atoms with E-state index in [4.69, 9.17) is 5.73 Å². The van der Waals surface area contributed by atoms with E-state index in [0.717, 1.165) is 17.3 Å². The number of nitrogens with one attached hydrogen (secondary N) is 1. The Hall–Kier alpha value is -1.97. The number of nitrogens with two attached hydrogens (primary N) is 1. The molecule has 19 heavy (non-hydrogen) atoms. The van der Waals surface area contributed by atoms with Crippen molar-refractivity contribution in [3.8, 4) is 0 Å². The molecule has 1 amide bonds. The fourth-order valence-electron chi connectivity index (χ4n) is 2.01. The molecule has 102 valence electrons. The lowest BCUT2D eigenvalue weighted by atomic mass is 9.99. The Balaban J connectivity index is 2.42. The van der Waals surface area contributed by atoms with Crippen molar-refractivity contribution in [2.45, 2.75) is 32.7 Å². The quantitative estimate of drug-likeness (QED) is 0.832. The van der Waals surface area contributed by atoms with Crippen molar-refractivity contribution in [2.24, 2.45) is 0 Å². The van der Waals surface area contributed by atoms with E-state index in [-0.39, 0.29) is 11.4 Å². The van der Waals surface area contributed by atoms with E-state index >= 15 is 0 Å². The lowest BCUT2D eigenvalue weighted by molar-refractivity contribution is 0.0622. The third-order valence-corrected chi connectivity index (χ3v) is 4.01. The number of amides is 1. The summed E-state index contributed by atoms with van der Waals surface area (Å²) < 4.78 is 0. The minimum atomic E-state index is -0.158. The highest BCUT2D eigenvalue weighted by Crippen LogP contribution is 2.25. The summed E-state index contributed by atoms with van der Waals surface area (Å²) in [5.74, 6) is 0.0304. The van der Waals surface area contributed by atoms with Crippen LogP contribution in [-0.2, 0) is 0 Å². The van der Waals surface area contributed by atoms with Crippen molar-refractivity contribution in [1.29, 1.82) is 0 Å². The number of hydrogen-bond donors (Lipinski definition) is 2. The Morgan fingerprint density at radius 3 is 2.74 bits per heavy atom. The molecule has 0 bridgehead atoms. The Kier molecular flexibility index (Phi) is 3.27. The predicted octanol–water partition coefficient (Wildman–Crippen LogP) is 3.01. The molecule has 0 saturated carbocycles. The number of carbonyl (C=O) groups excluding carboxylic acids is 1. The number of hydrogen-bond acceptors (Lipinski definition) is 2. The van der Waals surface area contributed by atoms with E-state index in [1.165, 1.54) is 0 Å². The highest BCUT2D eigenvalue weighted by atomic mass is 16.2. The first-order valence-electron chi connectivity index (χ1n) is 6.51. The highest BCUT2D eigenvalue weighted by molar-refractivity contribution is 6.07. The van der Waals surface area contributed by atoms with Crippen LogP contribution < -0.4 is 5.73 Å². The Bertz CT molecular complexity index is 613. The van der Waals surface area contributed by atoms with Gasteiger partial charge in [-0.1, -0.05) is 6.92 Å². The molecule has 0 aliphatic rings. The average molecular weight is 259 g/mol. The average Bonchev–Trinajstić information content (AvgIpc) is 2.79. The number of nitrogens with zero attached hydrogens (tertiary/aromatic N) is 1. The van der Waals surface area contributed by atoms with E-state index < -0.39 is 0 Å². The lowest BCUT2D eigenvalue weighted by Crippen LogP contribution is -2.44. The largest absolute Gasteiger partial charge is 0.399 e. The van der Waals surface area contributed by atoms with E-state index in [9.17, 15) is 4.79 Å². The van der Waals surface area contributed by atoms with E-state index in [1.807, 2.05) is 25.2 Å². The summed E-state index contributed by atoms with van der Waals surface area (Å²) >= 11 is 0. The van der Waals surface area contributed by atoms with Crippen molar-refractivity contribution in [3.63, 3.8) is 0 Å². The second-order valence-corrected chi connectivity index (χ2v) is 5.54. The monoisotopic (exact) mass is 259 g/mol. The summed E-state index contributed by atoms with van der Waals surface area (Å²) in [5.41, 5.74) is 7.86. The van der Waals surface area contributed by atoms with Crippen molar-refractivity contribution < 1.29 is 4.79 Å². The van der Waals surface area contributed by atoms with Crippen molar-refractivity contribution >= 4 is 22.5 Å². The molecule has 0 radical (unpaired) electrons. The molecule has 0 saturated heterocycles. The smallest absolute Gasteiger partial charge is 0.256 e. The Morgan fingerprint density at radius 2 is 2.11 bits per heavy atom. The first-order chi connectivity index (χ1) is 8.86. The molecule has 4 nitrogen and oxygen atoms in total. The van der Waals surface area contributed by atoms with Gasteiger partial charge < -0.3 is 15.6 Å². The standard InChI is InChI=1S/C15H21N3O/c1-5-15(2,3)18(4)14(19)12-9-17-13-8-10(16)6-7-11(12)13/h6-9,17H,5,16H2,1-4H3. The molecule has 0 unspecified atom stereocenters. The molecule has 1 aromatic carbocycles. The topological polar surface area (TPSA) is 62.1 Å². The summed E-state index contributed by atoms with van der Waals surface area (Å²) in [5, 5.41) is 0.915. The van der Waals surface area contributed by atoms with Gasteiger partial charge in [-0.15, -0.1) is 0 Å². The van der Waals surface area contributed by atoms with Crippen LogP contribution in [0.25, 0.3) is 10.9 Å². The molecule has 1 aromatic heterocycles. The molecule has 1 heterocycles. The van der Waals surface area contributed by atoms with Crippen molar-refractivity contribution in [1.82, 2.24) is 9.88 Å². The first kappa shape index (κ1) is 13.5. The second kappa shape index (κ2) is 4.61. The first-order valence-corrected chi connectivity index (χ1v) is 6.51. The van der Waals surface area contributed by atoms with Crippen LogP contribution >= 0.6 is 0 Å². The van der Waals surface area contributed by atoms with Crippen LogP contribution in [0.3, 0.4) is 0 Å². The number of nitrogen functional groups attached to an aromatic ring is 1. The van der Waals surface area contributed by atoms with E-state index in [2.05, 4.69) is 25.8 Å². The molecule has 2 aromatic rings. The maximum absolute atomic E-state index is 12.6. The van der Waals surface area contributed by atoms with Gasteiger partial charge in [0.15, 0.2) is 0 Å². The van der Waals surface area contributed by atoms with Crippen molar-refractivity contribution in [3.05, 3.63) is 30.0 Å².